The van der Waals surface area contributed by atoms with Gasteiger partial charge in [-0.05, 0) is 36.1 Å². The molecule has 1 N–H and O–H groups in total. The number of benzene rings is 2. The van der Waals surface area contributed by atoms with Crippen LogP contribution in [0.15, 0.2) is 54.6 Å². The minimum atomic E-state index is -0.753. The summed E-state index contributed by atoms with van der Waals surface area (Å²) in [6.45, 7) is 2.63. The Morgan fingerprint density at radius 1 is 0.929 bits per heavy atom. The highest BCUT2D eigenvalue weighted by atomic mass is 16.3. The van der Waals surface area contributed by atoms with Gasteiger partial charge >= 0.3 is 6.03 Å². The third-order valence-electron chi connectivity index (χ3n) is 5.92. The number of imide groups is 1. The van der Waals surface area contributed by atoms with E-state index in [1.54, 1.807) is 24.1 Å². The highest BCUT2D eigenvalue weighted by Gasteiger charge is 2.56. The third-order valence-corrected chi connectivity index (χ3v) is 5.92. The Balaban J connectivity index is 1.51. The summed E-state index contributed by atoms with van der Waals surface area (Å²) in [6.07, 6.45) is 1.24. The van der Waals surface area contributed by atoms with E-state index in [-0.39, 0.29) is 17.7 Å². The number of carbonyl (C=O) groups excluding carboxylic acids is 2. The second kappa shape index (κ2) is 7.28. The van der Waals surface area contributed by atoms with Gasteiger partial charge in [-0.15, -0.1) is 0 Å². The van der Waals surface area contributed by atoms with E-state index in [4.69, 9.17) is 0 Å². The number of nitrogens with zero attached hydrogens (tertiary/aromatic N) is 3. The van der Waals surface area contributed by atoms with Crippen LogP contribution in [-0.4, -0.2) is 57.4 Å². The molecular formula is C22H25N3O3. The van der Waals surface area contributed by atoms with E-state index in [2.05, 4.69) is 4.90 Å². The molecule has 2 aliphatic heterocycles. The molecule has 0 unspecified atom stereocenters. The van der Waals surface area contributed by atoms with Crippen molar-refractivity contribution in [1.82, 2.24) is 14.7 Å². The van der Waals surface area contributed by atoms with Crippen LogP contribution in [0.25, 0.3) is 0 Å². The Morgan fingerprint density at radius 3 is 2.29 bits per heavy atom. The maximum Gasteiger partial charge on any atom is 0.327 e. The lowest BCUT2D eigenvalue weighted by molar-refractivity contribution is -0.135. The van der Waals surface area contributed by atoms with Crippen molar-refractivity contribution in [3.8, 4) is 5.75 Å². The van der Waals surface area contributed by atoms with Crippen LogP contribution in [0, 0.1) is 0 Å². The molecule has 2 heterocycles. The van der Waals surface area contributed by atoms with Gasteiger partial charge in [0, 0.05) is 33.2 Å². The first kappa shape index (κ1) is 18.5. The van der Waals surface area contributed by atoms with Gasteiger partial charge < -0.3 is 10.0 Å². The highest BCUT2D eigenvalue weighted by Crippen LogP contribution is 2.38. The molecule has 0 radical (unpaired) electrons. The molecule has 2 aliphatic rings. The van der Waals surface area contributed by atoms with Crippen molar-refractivity contribution in [1.29, 1.82) is 0 Å². The van der Waals surface area contributed by atoms with Gasteiger partial charge in [0.2, 0.25) is 0 Å². The topological polar surface area (TPSA) is 64.1 Å². The maximum atomic E-state index is 13.0. The number of urea groups is 1. The van der Waals surface area contributed by atoms with Gasteiger partial charge in [0.25, 0.3) is 5.91 Å². The summed E-state index contributed by atoms with van der Waals surface area (Å²) in [5, 5.41) is 9.67. The lowest BCUT2D eigenvalue weighted by Gasteiger charge is -2.42. The van der Waals surface area contributed by atoms with Crippen LogP contribution in [0.1, 0.15) is 24.0 Å². The van der Waals surface area contributed by atoms with Crippen LogP contribution in [0.5, 0.6) is 5.75 Å². The summed E-state index contributed by atoms with van der Waals surface area (Å²) in [4.78, 5) is 31.1. The highest BCUT2D eigenvalue weighted by molar-refractivity contribution is 6.06. The van der Waals surface area contributed by atoms with Crippen molar-refractivity contribution < 1.29 is 14.7 Å². The van der Waals surface area contributed by atoms with Crippen LogP contribution >= 0.6 is 0 Å². The molecule has 28 heavy (non-hydrogen) atoms. The SMILES string of the molecule is CN1C(=O)N(Cc2ccccc2)C2(CCN(Cc3cccc(O)c3)CC2)C1=O. The van der Waals surface area contributed by atoms with Crippen molar-refractivity contribution in [2.24, 2.45) is 0 Å². The Hall–Kier alpha value is -2.86. The summed E-state index contributed by atoms with van der Waals surface area (Å²) in [6, 6.07) is 16.9. The molecule has 0 aliphatic carbocycles. The second-order valence-electron chi connectivity index (χ2n) is 7.70. The molecule has 6 heteroatoms. The van der Waals surface area contributed by atoms with Crippen molar-refractivity contribution in [3.63, 3.8) is 0 Å². The fourth-order valence-corrected chi connectivity index (χ4v) is 4.34. The lowest BCUT2D eigenvalue weighted by atomic mass is 9.85. The summed E-state index contributed by atoms with van der Waals surface area (Å²) in [5.74, 6) is 0.170. The maximum absolute atomic E-state index is 13.0. The van der Waals surface area contributed by atoms with Crippen LogP contribution in [-0.2, 0) is 17.9 Å². The molecule has 2 aromatic carbocycles. The van der Waals surface area contributed by atoms with Gasteiger partial charge in [-0.2, -0.15) is 0 Å². The zero-order chi connectivity index (χ0) is 19.7. The molecule has 2 saturated heterocycles. The number of phenols is 1. The predicted octanol–water partition coefficient (Wildman–Crippen LogP) is 2.82. The number of piperidine rings is 1. The average Bonchev–Trinajstić information content (AvgIpc) is 2.87. The van der Waals surface area contributed by atoms with Crippen LogP contribution in [0.4, 0.5) is 4.79 Å². The Labute approximate surface area is 165 Å². The fraction of sp³-hybridized carbons (Fsp3) is 0.364. The molecule has 1 spiro atoms. The molecule has 146 valence electrons. The van der Waals surface area contributed by atoms with E-state index in [0.29, 0.717) is 19.4 Å². The molecule has 3 amide bonds. The molecule has 0 atom stereocenters. The van der Waals surface area contributed by atoms with Crippen molar-refractivity contribution in [2.45, 2.75) is 31.5 Å². The van der Waals surface area contributed by atoms with E-state index in [9.17, 15) is 14.7 Å². The zero-order valence-corrected chi connectivity index (χ0v) is 16.0. The quantitative estimate of drug-likeness (QED) is 0.830. The third kappa shape index (κ3) is 3.24. The lowest BCUT2D eigenvalue weighted by Crippen LogP contribution is -2.56. The van der Waals surface area contributed by atoms with E-state index < -0.39 is 5.54 Å². The summed E-state index contributed by atoms with van der Waals surface area (Å²) < 4.78 is 0. The number of likely N-dealkylation sites (tertiary alicyclic amines) is 1. The fourth-order valence-electron chi connectivity index (χ4n) is 4.34. The van der Waals surface area contributed by atoms with Gasteiger partial charge in [-0.3, -0.25) is 14.6 Å². The van der Waals surface area contributed by atoms with Gasteiger partial charge in [-0.25, -0.2) is 4.79 Å². The van der Waals surface area contributed by atoms with E-state index in [0.717, 1.165) is 30.8 Å². The number of rotatable bonds is 4. The van der Waals surface area contributed by atoms with Crippen molar-refractivity contribution in [2.75, 3.05) is 20.1 Å². The Bertz CT molecular complexity index is 876. The molecule has 0 aromatic heterocycles. The van der Waals surface area contributed by atoms with Crippen LogP contribution < -0.4 is 0 Å². The second-order valence-corrected chi connectivity index (χ2v) is 7.70. The van der Waals surface area contributed by atoms with Crippen molar-refractivity contribution in [3.05, 3.63) is 65.7 Å². The number of aromatic hydroxyl groups is 1. The predicted molar refractivity (Wildman–Crippen MR) is 105 cm³/mol. The van der Waals surface area contributed by atoms with Gasteiger partial charge in [0.15, 0.2) is 0 Å². The molecule has 4 rings (SSSR count). The number of phenolic OH excluding ortho intramolecular Hbond substituents is 1. The number of hydrogen-bond donors (Lipinski definition) is 1. The standard InChI is InChI=1S/C22H25N3O3/c1-23-20(27)22(25(21(23)28)16-17-6-3-2-4-7-17)10-12-24(13-11-22)15-18-8-5-9-19(26)14-18/h2-9,14,26H,10-13,15-16H2,1H3. The van der Waals surface area contributed by atoms with Crippen LogP contribution in [0.2, 0.25) is 0 Å². The molecule has 0 bridgehead atoms. The van der Waals surface area contributed by atoms with Crippen molar-refractivity contribution >= 4 is 11.9 Å². The van der Waals surface area contributed by atoms with Gasteiger partial charge in [0.05, 0.1) is 0 Å². The molecule has 2 aromatic rings. The number of hydrogen-bond acceptors (Lipinski definition) is 4. The normalized spacial score (nSPS) is 19.6. The molecule has 0 saturated carbocycles. The largest absolute Gasteiger partial charge is 0.508 e. The summed E-state index contributed by atoms with van der Waals surface area (Å²) in [7, 11) is 1.58. The first-order valence-electron chi connectivity index (χ1n) is 9.63. The Morgan fingerprint density at radius 2 is 1.61 bits per heavy atom. The van der Waals surface area contributed by atoms with Crippen LogP contribution in [0.3, 0.4) is 0 Å². The molecular weight excluding hydrogens is 354 g/mol. The van der Waals surface area contributed by atoms with Gasteiger partial charge in [0.1, 0.15) is 11.3 Å². The number of likely N-dealkylation sites (N-methyl/N-ethyl adjacent to an activating group) is 1. The molecule has 6 nitrogen and oxygen atoms in total. The summed E-state index contributed by atoms with van der Waals surface area (Å²) >= 11 is 0. The minimum Gasteiger partial charge on any atom is -0.508 e. The summed E-state index contributed by atoms with van der Waals surface area (Å²) in [5.41, 5.74) is 1.32. The minimum absolute atomic E-state index is 0.0922. The van der Waals surface area contributed by atoms with E-state index >= 15 is 0 Å². The average molecular weight is 379 g/mol. The Kier molecular flexibility index (Phi) is 4.81. The number of amides is 3. The first-order valence-corrected chi connectivity index (χ1v) is 9.63. The zero-order valence-electron chi connectivity index (χ0n) is 16.0. The smallest absolute Gasteiger partial charge is 0.327 e. The van der Waals surface area contributed by atoms with E-state index in [1.165, 1.54) is 4.90 Å². The molecule has 2 fully saturated rings. The monoisotopic (exact) mass is 379 g/mol. The van der Waals surface area contributed by atoms with Gasteiger partial charge in [-0.1, -0.05) is 42.5 Å². The number of carbonyl (C=O) groups is 2. The first-order chi connectivity index (χ1) is 13.5. The van der Waals surface area contributed by atoms with E-state index in [1.807, 2.05) is 42.5 Å².